The van der Waals surface area contributed by atoms with Crippen molar-refractivity contribution in [1.29, 1.82) is 10.5 Å². The van der Waals surface area contributed by atoms with Crippen LogP contribution in [0.25, 0.3) is 0 Å². The van der Waals surface area contributed by atoms with Crippen molar-refractivity contribution in [3.05, 3.63) is 0 Å². The van der Waals surface area contributed by atoms with Crippen molar-refractivity contribution in [2.24, 2.45) is 29.1 Å². The molecule has 4 aliphatic rings. The van der Waals surface area contributed by atoms with E-state index in [1.54, 1.807) is 0 Å². The maximum atomic E-state index is 9.45. The molecular formula is C15H20N2. The van der Waals surface area contributed by atoms with Gasteiger partial charge in [-0.1, -0.05) is 0 Å². The third-order valence-corrected chi connectivity index (χ3v) is 5.53. The van der Waals surface area contributed by atoms with Gasteiger partial charge < -0.3 is 0 Å². The third-order valence-electron chi connectivity index (χ3n) is 5.53. The first-order chi connectivity index (χ1) is 8.25. The van der Waals surface area contributed by atoms with E-state index in [0.717, 1.165) is 24.2 Å². The summed E-state index contributed by atoms with van der Waals surface area (Å²) in [5, 5.41) is 18.2. The van der Waals surface area contributed by atoms with Crippen molar-refractivity contribution in [2.75, 3.05) is 0 Å². The molecule has 0 aromatic heterocycles. The van der Waals surface area contributed by atoms with Gasteiger partial charge in [-0.15, -0.1) is 0 Å². The minimum absolute atomic E-state index is 0.149. The van der Waals surface area contributed by atoms with Gasteiger partial charge in [-0.3, -0.25) is 0 Å². The Labute approximate surface area is 104 Å². The SMILES string of the molecule is N#CCCC(C#N)C12CC3CC(CC(C3)C1)C2. The maximum Gasteiger partial charge on any atom is 0.0662 e. The molecule has 4 bridgehead atoms. The van der Waals surface area contributed by atoms with Crippen molar-refractivity contribution in [3.8, 4) is 12.1 Å². The first-order valence-corrected chi connectivity index (χ1v) is 7.02. The van der Waals surface area contributed by atoms with Gasteiger partial charge in [-0.25, -0.2) is 0 Å². The highest BCUT2D eigenvalue weighted by Gasteiger charge is 2.53. The highest BCUT2D eigenvalue weighted by molar-refractivity contribution is 5.08. The predicted octanol–water partition coefficient (Wildman–Crippen LogP) is 3.65. The average Bonchev–Trinajstić information content (AvgIpc) is 2.27. The lowest BCUT2D eigenvalue weighted by molar-refractivity contribution is -0.0758. The van der Waals surface area contributed by atoms with Gasteiger partial charge in [0.05, 0.1) is 18.1 Å². The van der Waals surface area contributed by atoms with E-state index in [-0.39, 0.29) is 5.92 Å². The van der Waals surface area contributed by atoms with Gasteiger partial charge in [0.2, 0.25) is 0 Å². The second kappa shape index (κ2) is 4.02. The molecule has 0 saturated heterocycles. The van der Waals surface area contributed by atoms with E-state index in [1.807, 2.05) is 0 Å². The minimum atomic E-state index is 0.149. The Bertz CT molecular complexity index is 349. The molecule has 0 aromatic carbocycles. The molecule has 90 valence electrons. The van der Waals surface area contributed by atoms with E-state index in [4.69, 9.17) is 5.26 Å². The minimum Gasteiger partial charge on any atom is -0.198 e. The second-order valence-electron chi connectivity index (χ2n) is 6.66. The molecule has 4 fully saturated rings. The van der Waals surface area contributed by atoms with Crippen LogP contribution in [0.3, 0.4) is 0 Å². The molecule has 0 N–H and O–H groups in total. The second-order valence-corrected chi connectivity index (χ2v) is 6.66. The summed E-state index contributed by atoms with van der Waals surface area (Å²) < 4.78 is 0. The number of nitriles is 2. The summed E-state index contributed by atoms with van der Waals surface area (Å²) in [7, 11) is 0. The van der Waals surface area contributed by atoms with Gasteiger partial charge in [-0.05, 0) is 68.1 Å². The molecule has 2 heteroatoms. The number of hydrogen-bond acceptors (Lipinski definition) is 2. The predicted molar refractivity (Wildman–Crippen MR) is 64.6 cm³/mol. The quantitative estimate of drug-likeness (QED) is 0.740. The lowest BCUT2D eigenvalue weighted by Gasteiger charge is -2.58. The van der Waals surface area contributed by atoms with E-state index in [0.29, 0.717) is 11.8 Å². The van der Waals surface area contributed by atoms with E-state index in [1.165, 1.54) is 38.5 Å². The van der Waals surface area contributed by atoms with Crippen LogP contribution in [0.15, 0.2) is 0 Å². The molecule has 0 amide bonds. The molecule has 0 heterocycles. The summed E-state index contributed by atoms with van der Waals surface area (Å²) in [5.41, 5.74) is 0.306. The molecular weight excluding hydrogens is 208 g/mol. The molecule has 2 nitrogen and oxygen atoms in total. The van der Waals surface area contributed by atoms with Crippen molar-refractivity contribution in [2.45, 2.75) is 51.4 Å². The lowest BCUT2D eigenvalue weighted by atomic mass is 9.46. The van der Waals surface area contributed by atoms with Crippen LogP contribution in [0.2, 0.25) is 0 Å². The molecule has 0 aliphatic heterocycles. The molecule has 0 spiro atoms. The Morgan fingerprint density at radius 3 is 1.94 bits per heavy atom. The molecule has 0 radical (unpaired) electrons. The van der Waals surface area contributed by atoms with Gasteiger partial charge >= 0.3 is 0 Å². The van der Waals surface area contributed by atoms with Crippen LogP contribution in [0.1, 0.15) is 51.4 Å². The lowest BCUT2D eigenvalue weighted by Crippen LogP contribution is -2.49. The molecule has 4 aliphatic carbocycles. The van der Waals surface area contributed by atoms with Crippen LogP contribution in [-0.4, -0.2) is 0 Å². The Morgan fingerprint density at radius 2 is 1.53 bits per heavy atom. The molecule has 1 atom stereocenters. The molecule has 4 saturated carbocycles. The average molecular weight is 228 g/mol. The Kier molecular flexibility index (Phi) is 2.62. The van der Waals surface area contributed by atoms with Crippen LogP contribution in [0.4, 0.5) is 0 Å². The molecule has 1 unspecified atom stereocenters. The van der Waals surface area contributed by atoms with Gasteiger partial charge in [0.25, 0.3) is 0 Å². The van der Waals surface area contributed by atoms with Gasteiger partial charge in [0.15, 0.2) is 0 Å². The van der Waals surface area contributed by atoms with Crippen molar-refractivity contribution >= 4 is 0 Å². The van der Waals surface area contributed by atoms with Crippen LogP contribution < -0.4 is 0 Å². The van der Waals surface area contributed by atoms with Crippen molar-refractivity contribution in [1.82, 2.24) is 0 Å². The van der Waals surface area contributed by atoms with Crippen LogP contribution in [-0.2, 0) is 0 Å². The smallest absolute Gasteiger partial charge is 0.0662 e. The molecule has 17 heavy (non-hydrogen) atoms. The summed E-state index contributed by atoms with van der Waals surface area (Å²) in [6, 6.07) is 4.76. The summed E-state index contributed by atoms with van der Waals surface area (Å²) in [4.78, 5) is 0. The van der Waals surface area contributed by atoms with Crippen molar-refractivity contribution < 1.29 is 0 Å². The fraction of sp³-hybridized carbons (Fsp3) is 0.867. The topological polar surface area (TPSA) is 47.6 Å². The fourth-order valence-electron chi connectivity index (χ4n) is 5.32. The fourth-order valence-corrected chi connectivity index (χ4v) is 5.32. The first kappa shape index (κ1) is 11.1. The number of rotatable bonds is 3. The van der Waals surface area contributed by atoms with Crippen molar-refractivity contribution in [3.63, 3.8) is 0 Å². The summed E-state index contributed by atoms with van der Waals surface area (Å²) in [6.45, 7) is 0. The third kappa shape index (κ3) is 1.75. The first-order valence-electron chi connectivity index (χ1n) is 7.02. The maximum absolute atomic E-state index is 9.45. The highest BCUT2D eigenvalue weighted by atomic mass is 14.6. The Morgan fingerprint density at radius 1 is 1.00 bits per heavy atom. The largest absolute Gasteiger partial charge is 0.198 e. The summed E-state index contributed by atoms with van der Waals surface area (Å²) >= 11 is 0. The van der Waals surface area contributed by atoms with Gasteiger partial charge in [0.1, 0.15) is 0 Å². The standard InChI is InChI=1S/C15H20N2/c16-3-1-2-14(10-17)15-7-11-4-12(8-15)6-13(5-11)9-15/h11-14H,1-2,4-9H2. The van der Waals surface area contributed by atoms with Crippen LogP contribution >= 0.6 is 0 Å². The van der Waals surface area contributed by atoms with Gasteiger partial charge in [0, 0.05) is 6.42 Å². The van der Waals surface area contributed by atoms with Crippen LogP contribution in [0, 0.1) is 51.7 Å². The van der Waals surface area contributed by atoms with E-state index in [2.05, 4.69) is 12.1 Å². The molecule has 4 rings (SSSR count). The Hall–Kier alpha value is -1.02. The Balaban J connectivity index is 1.81. The highest BCUT2D eigenvalue weighted by Crippen LogP contribution is 2.63. The number of hydrogen-bond donors (Lipinski definition) is 0. The summed E-state index contributed by atoms with van der Waals surface area (Å²) in [5.74, 6) is 2.85. The van der Waals surface area contributed by atoms with E-state index >= 15 is 0 Å². The van der Waals surface area contributed by atoms with E-state index in [9.17, 15) is 5.26 Å². The zero-order valence-corrected chi connectivity index (χ0v) is 10.4. The molecule has 0 aromatic rings. The van der Waals surface area contributed by atoms with Gasteiger partial charge in [-0.2, -0.15) is 10.5 Å². The zero-order valence-electron chi connectivity index (χ0n) is 10.4. The zero-order chi connectivity index (χ0) is 11.9. The monoisotopic (exact) mass is 228 g/mol. The summed E-state index contributed by atoms with van der Waals surface area (Å²) in [6.07, 6.45) is 9.48. The van der Waals surface area contributed by atoms with E-state index < -0.39 is 0 Å². The normalized spacial score (nSPS) is 44.0. The number of nitrogens with zero attached hydrogens (tertiary/aromatic N) is 2. The van der Waals surface area contributed by atoms with Crippen LogP contribution in [0.5, 0.6) is 0 Å².